The second kappa shape index (κ2) is 9.97. The average Bonchev–Trinajstić information content (AvgIpc) is 3.22. The van der Waals surface area contributed by atoms with Crippen LogP contribution in [-0.4, -0.2) is 59.3 Å². The smallest absolute Gasteiger partial charge is 0.388 e. The number of carbonyl (C=O) groups is 1. The van der Waals surface area contributed by atoms with Gasteiger partial charge >= 0.3 is 12.6 Å². The van der Waals surface area contributed by atoms with Gasteiger partial charge in [0.05, 0.1) is 17.5 Å². The maximum absolute atomic E-state index is 12.6. The van der Waals surface area contributed by atoms with Crippen molar-refractivity contribution < 1.29 is 32.5 Å². The van der Waals surface area contributed by atoms with Crippen LogP contribution in [0, 0.1) is 11.3 Å². The maximum Gasteiger partial charge on any atom is 0.388 e. The average molecular weight is 432 g/mol. The summed E-state index contributed by atoms with van der Waals surface area (Å²) in [6.45, 7) is -3.26. The van der Waals surface area contributed by atoms with Gasteiger partial charge in [0.15, 0.2) is 12.1 Å². The number of nitriles is 1. The van der Waals surface area contributed by atoms with Crippen molar-refractivity contribution in [3.63, 3.8) is 0 Å². The van der Waals surface area contributed by atoms with Gasteiger partial charge < -0.3 is 18.9 Å². The summed E-state index contributed by atoms with van der Waals surface area (Å²) in [7, 11) is 4.12. The molecule has 0 aliphatic carbocycles. The molecular weight excluding hydrogens is 416 g/mol. The number of rotatable bonds is 9. The number of ether oxygens (including phenoxy) is 4. The van der Waals surface area contributed by atoms with E-state index in [-0.39, 0.29) is 34.6 Å². The Balaban J connectivity index is 2.31. The molecule has 0 unspecified atom stereocenters. The summed E-state index contributed by atoms with van der Waals surface area (Å²) in [5.41, 5.74) is 0.210. The molecule has 0 saturated heterocycles. The third-order valence-corrected chi connectivity index (χ3v) is 3.85. The molecule has 0 atom stereocenters. The minimum Gasteiger partial charge on any atom is -0.457 e. The Kier molecular flexibility index (Phi) is 7.66. The van der Waals surface area contributed by atoms with Crippen molar-refractivity contribution in [3.05, 3.63) is 28.6 Å². The zero-order valence-electron chi connectivity index (χ0n) is 15.5. The molecular formula is C16H16ClF2N5O5. The van der Waals surface area contributed by atoms with Crippen LogP contribution in [0.4, 0.5) is 8.78 Å². The fourth-order valence-electron chi connectivity index (χ4n) is 2.17. The van der Waals surface area contributed by atoms with E-state index in [0.717, 1.165) is 15.4 Å². The summed E-state index contributed by atoms with van der Waals surface area (Å²) in [4.78, 5) is 11.9. The Bertz CT molecular complexity index is 933. The first-order chi connectivity index (χ1) is 13.8. The maximum atomic E-state index is 12.6. The van der Waals surface area contributed by atoms with Crippen LogP contribution in [0.5, 0.6) is 5.88 Å². The molecule has 2 heterocycles. The van der Waals surface area contributed by atoms with Gasteiger partial charge in [-0.15, -0.1) is 5.10 Å². The van der Waals surface area contributed by atoms with Gasteiger partial charge in [0, 0.05) is 27.3 Å². The second-order valence-corrected chi connectivity index (χ2v) is 5.65. The molecule has 2 aromatic heterocycles. The van der Waals surface area contributed by atoms with Crippen molar-refractivity contribution in [2.45, 2.75) is 12.9 Å². The fraction of sp³-hybridized carbons (Fsp3) is 0.375. The highest BCUT2D eigenvalue weighted by atomic mass is 35.5. The first-order valence-electron chi connectivity index (χ1n) is 7.88. The van der Waals surface area contributed by atoms with Crippen molar-refractivity contribution in [2.75, 3.05) is 20.8 Å². The van der Waals surface area contributed by atoms with E-state index in [1.54, 1.807) is 0 Å². The van der Waals surface area contributed by atoms with Gasteiger partial charge in [-0.25, -0.2) is 14.2 Å². The SMILES string of the molecule is COC(COC(=O)/C=C/c1c(C#N)cnn1-c1nn(C)c(OC(F)F)c1Cl)OC. The molecule has 0 amide bonds. The number of alkyl halides is 2. The molecule has 2 rings (SSSR count). The molecule has 0 saturated carbocycles. The van der Waals surface area contributed by atoms with E-state index in [4.69, 9.17) is 25.8 Å². The van der Waals surface area contributed by atoms with Crippen molar-refractivity contribution in [1.29, 1.82) is 5.26 Å². The van der Waals surface area contributed by atoms with Gasteiger partial charge in [-0.3, -0.25) is 0 Å². The van der Waals surface area contributed by atoms with E-state index >= 15 is 0 Å². The first-order valence-corrected chi connectivity index (χ1v) is 8.26. The van der Waals surface area contributed by atoms with Gasteiger partial charge in [0.1, 0.15) is 17.7 Å². The van der Waals surface area contributed by atoms with Crippen molar-refractivity contribution in [1.82, 2.24) is 19.6 Å². The van der Waals surface area contributed by atoms with Crippen LogP contribution in [0.15, 0.2) is 12.3 Å². The molecule has 2 aromatic rings. The van der Waals surface area contributed by atoms with Gasteiger partial charge in [-0.2, -0.15) is 19.1 Å². The summed E-state index contributed by atoms with van der Waals surface area (Å²) in [6, 6.07) is 1.90. The lowest BCUT2D eigenvalue weighted by atomic mass is 10.2. The van der Waals surface area contributed by atoms with Crippen LogP contribution >= 0.6 is 11.6 Å². The molecule has 0 bridgehead atoms. The summed E-state index contributed by atoms with van der Waals surface area (Å²) < 4.78 is 46.3. The number of methoxy groups -OCH3 is 2. The minimum absolute atomic E-state index is 0.0711. The second-order valence-electron chi connectivity index (χ2n) is 5.28. The van der Waals surface area contributed by atoms with Crippen LogP contribution in [-0.2, 0) is 26.1 Å². The van der Waals surface area contributed by atoms with Crippen molar-refractivity contribution in [3.8, 4) is 17.8 Å². The highest BCUT2D eigenvalue weighted by molar-refractivity contribution is 6.33. The summed E-state index contributed by atoms with van der Waals surface area (Å²) in [5.74, 6) is -1.20. The van der Waals surface area contributed by atoms with Crippen molar-refractivity contribution in [2.24, 2.45) is 7.05 Å². The molecule has 10 nitrogen and oxygen atoms in total. The third kappa shape index (κ3) is 5.29. The first kappa shape index (κ1) is 22.3. The van der Waals surface area contributed by atoms with Gasteiger partial charge in [-0.05, 0) is 6.08 Å². The largest absolute Gasteiger partial charge is 0.457 e. The number of hydrogen-bond donors (Lipinski definition) is 0. The summed E-state index contributed by atoms with van der Waals surface area (Å²) in [6.07, 6.45) is 2.77. The molecule has 13 heteroatoms. The molecule has 0 fully saturated rings. The Morgan fingerprint density at radius 1 is 1.41 bits per heavy atom. The number of halogens is 3. The molecule has 0 N–H and O–H groups in total. The fourth-order valence-corrected chi connectivity index (χ4v) is 2.45. The number of aryl methyl sites for hydroxylation is 1. The lowest BCUT2D eigenvalue weighted by molar-refractivity contribution is -0.162. The predicted molar refractivity (Wildman–Crippen MR) is 94.5 cm³/mol. The van der Waals surface area contributed by atoms with Crippen LogP contribution in [0.25, 0.3) is 11.9 Å². The van der Waals surface area contributed by atoms with Gasteiger partial charge in [-0.1, -0.05) is 11.6 Å². The molecule has 0 aromatic carbocycles. The van der Waals surface area contributed by atoms with Crippen molar-refractivity contribution >= 4 is 23.6 Å². The molecule has 0 spiro atoms. The Hall–Kier alpha value is -3.01. The normalized spacial score (nSPS) is 11.4. The highest BCUT2D eigenvalue weighted by Gasteiger charge is 2.23. The van der Waals surface area contributed by atoms with E-state index < -0.39 is 18.9 Å². The van der Waals surface area contributed by atoms with E-state index in [1.165, 1.54) is 33.5 Å². The Labute approximate surface area is 168 Å². The number of esters is 1. The summed E-state index contributed by atoms with van der Waals surface area (Å²) in [5, 5.41) is 17.0. The number of hydrogen-bond acceptors (Lipinski definition) is 8. The van der Waals surface area contributed by atoms with Gasteiger partial charge in [0.25, 0.3) is 0 Å². The monoisotopic (exact) mass is 431 g/mol. The molecule has 29 heavy (non-hydrogen) atoms. The molecule has 0 aliphatic rings. The third-order valence-electron chi connectivity index (χ3n) is 3.52. The van der Waals surface area contributed by atoms with E-state index in [9.17, 15) is 18.8 Å². The van der Waals surface area contributed by atoms with Crippen LogP contribution in [0.1, 0.15) is 11.3 Å². The van der Waals surface area contributed by atoms with E-state index in [1.807, 2.05) is 6.07 Å². The molecule has 156 valence electrons. The van der Waals surface area contributed by atoms with E-state index in [2.05, 4.69) is 14.9 Å². The molecule has 0 radical (unpaired) electrons. The van der Waals surface area contributed by atoms with Crippen LogP contribution in [0.3, 0.4) is 0 Å². The van der Waals surface area contributed by atoms with E-state index in [0.29, 0.717) is 0 Å². The minimum atomic E-state index is -3.11. The zero-order chi connectivity index (χ0) is 21.6. The predicted octanol–water partition coefficient (Wildman–Crippen LogP) is 1.91. The standard InChI is InChI=1S/C16H16ClF2N5O5/c1-23-15(29-16(18)19)13(17)14(22-23)24-10(9(6-20)7-21-24)4-5-11(25)28-8-12(26-2)27-3/h4-5,7,12,16H,8H2,1-3H3/b5-4+. The lowest BCUT2D eigenvalue weighted by Crippen LogP contribution is -2.21. The lowest BCUT2D eigenvalue weighted by Gasteiger charge is -2.12. The highest BCUT2D eigenvalue weighted by Crippen LogP contribution is 2.32. The zero-order valence-corrected chi connectivity index (χ0v) is 16.3. The van der Waals surface area contributed by atoms with Crippen LogP contribution < -0.4 is 4.74 Å². The van der Waals surface area contributed by atoms with Crippen LogP contribution in [0.2, 0.25) is 5.02 Å². The topological polar surface area (TPSA) is 113 Å². The quantitative estimate of drug-likeness (QED) is 0.336. The number of carbonyl (C=O) groups excluding carboxylic acids is 1. The van der Waals surface area contributed by atoms with Gasteiger partial charge in [0.2, 0.25) is 5.88 Å². The molecule has 0 aliphatic heterocycles. The summed E-state index contributed by atoms with van der Waals surface area (Å²) >= 11 is 6.08. The number of aromatic nitrogens is 4. The Morgan fingerprint density at radius 2 is 2.10 bits per heavy atom. The number of nitrogens with zero attached hydrogens (tertiary/aromatic N) is 5. The Morgan fingerprint density at radius 3 is 2.69 bits per heavy atom.